The number of halogens is 2. The quantitative estimate of drug-likeness (QED) is 0.264. The molecular formula is C17H19Cl2N5O2S. The van der Waals surface area contributed by atoms with Gasteiger partial charge in [-0.15, -0.1) is 34.5 Å². The van der Waals surface area contributed by atoms with Crippen LogP contribution in [0.5, 0.6) is 0 Å². The highest BCUT2D eigenvalue weighted by Gasteiger charge is 2.10. The average Bonchev–Trinajstić information content (AvgIpc) is 3.15. The molecule has 1 aromatic heterocycles. The zero-order chi connectivity index (χ0) is 19.5. The third kappa shape index (κ3) is 7.54. The van der Waals surface area contributed by atoms with Gasteiger partial charge in [0.25, 0.3) is 0 Å². The van der Waals surface area contributed by atoms with E-state index < -0.39 is 11.8 Å². The van der Waals surface area contributed by atoms with Crippen molar-refractivity contribution in [3.63, 3.8) is 0 Å². The molecule has 0 radical (unpaired) electrons. The van der Waals surface area contributed by atoms with Crippen molar-refractivity contribution in [3.8, 4) is 0 Å². The minimum absolute atomic E-state index is 0.332. The van der Waals surface area contributed by atoms with E-state index in [9.17, 15) is 9.59 Å². The van der Waals surface area contributed by atoms with Gasteiger partial charge in [0.15, 0.2) is 5.13 Å². The number of carbonyl (C=O) groups is 2. The summed E-state index contributed by atoms with van der Waals surface area (Å²) in [7, 11) is 0. The fourth-order valence-electron chi connectivity index (χ4n) is 2.16. The van der Waals surface area contributed by atoms with Crippen LogP contribution >= 0.6 is 34.5 Å². The van der Waals surface area contributed by atoms with Gasteiger partial charge in [0.2, 0.25) is 11.8 Å². The molecular weight excluding hydrogens is 409 g/mol. The molecule has 0 atom stereocenters. The van der Waals surface area contributed by atoms with E-state index in [1.54, 1.807) is 11.6 Å². The Labute approximate surface area is 171 Å². The molecule has 2 aromatic rings. The third-order valence-corrected chi connectivity index (χ3v) is 4.40. The molecule has 1 heterocycles. The number of hydrazone groups is 1. The molecule has 10 heteroatoms. The summed E-state index contributed by atoms with van der Waals surface area (Å²) in [6.07, 6.45) is 2.75. The second-order valence-electron chi connectivity index (χ2n) is 5.31. The Balaban J connectivity index is 1.81. The standard InChI is InChI=1S/C17H19Cl2N5O2S/c18-5-8-24(9-6-19)14-3-1-13(2-4-14)12-21-23-16(26)11-15(25)22-17-20-7-10-27-17/h1-4,7,10,12H,5-6,8-9,11H2,(H,23,26)(H,20,22,25)/b21-12-. The van der Waals surface area contributed by atoms with Crippen LogP contribution in [-0.4, -0.2) is 47.9 Å². The van der Waals surface area contributed by atoms with E-state index in [0.717, 1.165) is 11.3 Å². The molecule has 0 aliphatic carbocycles. The molecule has 2 rings (SSSR count). The Bertz CT molecular complexity index is 747. The summed E-state index contributed by atoms with van der Waals surface area (Å²) in [5.41, 5.74) is 4.15. The molecule has 2 amide bonds. The first-order valence-electron chi connectivity index (χ1n) is 8.10. The van der Waals surface area contributed by atoms with Crippen molar-refractivity contribution in [2.45, 2.75) is 6.42 Å². The molecule has 0 bridgehead atoms. The van der Waals surface area contributed by atoms with E-state index in [2.05, 4.69) is 25.7 Å². The van der Waals surface area contributed by atoms with E-state index in [4.69, 9.17) is 23.2 Å². The molecule has 2 N–H and O–H groups in total. The Kier molecular flexibility index (Phi) is 9.03. The fraction of sp³-hybridized carbons (Fsp3) is 0.294. The molecule has 0 aliphatic rings. The van der Waals surface area contributed by atoms with Crippen LogP contribution in [0.15, 0.2) is 40.9 Å². The van der Waals surface area contributed by atoms with E-state index in [0.29, 0.717) is 30.0 Å². The Hall–Kier alpha value is -2.16. The van der Waals surface area contributed by atoms with Gasteiger partial charge in [-0.05, 0) is 17.7 Å². The lowest BCUT2D eigenvalue weighted by Crippen LogP contribution is -2.27. The number of hydrogen-bond donors (Lipinski definition) is 2. The monoisotopic (exact) mass is 427 g/mol. The van der Waals surface area contributed by atoms with Crippen LogP contribution < -0.4 is 15.6 Å². The summed E-state index contributed by atoms with van der Waals surface area (Å²) >= 11 is 12.9. The van der Waals surface area contributed by atoms with E-state index in [1.807, 2.05) is 24.3 Å². The highest BCUT2D eigenvalue weighted by Crippen LogP contribution is 2.15. The number of carbonyl (C=O) groups excluding carboxylic acids is 2. The van der Waals surface area contributed by atoms with Crippen LogP contribution in [0.4, 0.5) is 10.8 Å². The first-order chi connectivity index (χ1) is 13.1. The van der Waals surface area contributed by atoms with E-state index in [1.165, 1.54) is 17.6 Å². The predicted molar refractivity (Wildman–Crippen MR) is 111 cm³/mol. The molecule has 27 heavy (non-hydrogen) atoms. The van der Waals surface area contributed by atoms with Gasteiger partial charge in [-0.25, -0.2) is 10.4 Å². The SMILES string of the molecule is O=C(CC(=O)Nc1nccs1)N/N=C\c1ccc(N(CCCl)CCCl)cc1. The maximum absolute atomic E-state index is 11.7. The number of amides is 2. The van der Waals surface area contributed by atoms with Crippen LogP contribution in [0.3, 0.4) is 0 Å². The number of rotatable bonds is 10. The van der Waals surface area contributed by atoms with Crippen molar-refractivity contribution in [2.24, 2.45) is 5.10 Å². The smallest absolute Gasteiger partial charge is 0.249 e. The van der Waals surface area contributed by atoms with Gasteiger partial charge in [0.05, 0.1) is 6.21 Å². The molecule has 0 fully saturated rings. The average molecular weight is 428 g/mol. The normalized spacial score (nSPS) is 10.7. The maximum atomic E-state index is 11.7. The number of aromatic nitrogens is 1. The molecule has 0 saturated heterocycles. The van der Waals surface area contributed by atoms with Crippen molar-refractivity contribution < 1.29 is 9.59 Å². The van der Waals surface area contributed by atoms with Crippen LogP contribution in [0, 0.1) is 0 Å². The predicted octanol–water partition coefficient (Wildman–Crippen LogP) is 2.91. The summed E-state index contributed by atoms with van der Waals surface area (Å²) in [6, 6.07) is 7.61. The molecule has 144 valence electrons. The summed E-state index contributed by atoms with van der Waals surface area (Å²) in [5.74, 6) is 0.0813. The summed E-state index contributed by atoms with van der Waals surface area (Å²) in [4.78, 5) is 29.4. The number of anilines is 2. The number of thiazole rings is 1. The highest BCUT2D eigenvalue weighted by atomic mass is 35.5. The lowest BCUT2D eigenvalue weighted by molar-refractivity contribution is -0.126. The van der Waals surface area contributed by atoms with Crippen LogP contribution in [0.2, 0.25) is 0 Å². The molecule has 0 aliphatic heterocycles. The van der Waals surface area contributed by atoms with Gasteiger partial charge in [0, 0.05) is 42.1 Å². The van der Waals surface area contributed by atoms with Crippen molar-refractivity contribution in [2.75, 3.05) is 35.1 Å². The zero-order valence-electron chi connectivity index (χ0n) is 14.4. The Morgan fingerprint density at radius 1 is 1.15 bits per heavy atom. The largest absolute Gasteiger partial charge is 0.369 e. The minimum atomic E-state index is -0.507. The summed E-state index contributed by atoms with van der Waals surface area (Å²) in [6.45, 7) is 1.42. The van der Waals surface area contributed by atoms with Gasteiger partial charge in [-0.2, -0.15) is 5.10 Å². The lowest BCUT2D eigenvalue weighted by Gasteiger charge is -2.22. The first kappa shape index (κ1) is 21.1. The van der Waals surface area contributed by atoms with Crippen LogP contribution in [-0.2, 0) is 9.59 Å². The summed E-state index contributed by atoms with van der Waals surface area (Å²) in [5, 5.41) is 8.58. The van der Waals surface area contributed by atoms with Crippen molar-refractivity contribution in [3.05, 3.63) is 41.4 Å². The topological polar surface area (TPSA) is 86.7 Å². The van der Waals surface area contributed by atoms with Crippen LogP contribution in [0.25, 0.3) is 0 Å². The second kappa shape index (κ2) is 11.5. The Morgan fingerprint density at radius 2 is 1.85 bits per heavy atom. The van der Waals surface area contributed by atoms with E-state index in [-0.39, 0.29) is 6.42 Å². The second-order valence-corrected chi connectivity index (χ2v) is 6.96. The van der Waals surface area contributed by atoms with Crippen LogP contribution in [0.1, 0.15) is 12.0 Å². The molecule has 7 nitrogen and oxygen atoms in total. The zero-order valence-corrected chi connectivity index (χ0v) is 16.7. The van der Waals surface area contributed by atoms with Crippen molar-refractivity contribution >= 4 is 63.4 Å². The first-order valence-corrected chi connectivity index (χ1v) is 10.1. The van der Waals surface area contributed by atoms with Gasteiger partial charge < -0.3 is 10.2 Å². The molecule has 0 spiro atoms. The Morgan fingerprint density at radius 3 is 2.44 bits per heavy atom. The third-order valence-electron chi connectivity index (χ3n) is 3.37. The number of alkyl halides is 2. The number of hydrogen-bond acceptors (Lipinski definition) is 6. The molecule has 0 saturated carbocycles. The number of benzene rings is 1. The highest BCUT2D eigenvalue weighted by molar-refractivity contribution is 7.13. The number of nitrogens with one attached hydrogen (secondary N) is 2. The van der Waals surface area contributed by atoms with Gasteiger partial charge in [-0.3, -0.25) is 9.59 Å². The van der Waals surface area contributed by atoms with Crippen molar-refractivity contribution in [1.29, 1.82) is 0 Å². The number of nitrogens with zero attached hydrogens (tertiary/aromatic N) is 3. The van der Waals surface area contributed by atoms with Gasteiger partial charge in [-0.1, -0.05) is 12.1 Å². The van der Waals surface area contributed by atoms with E-state index >= 15 is 0 Å². The molecule has 0 unspecified atom stereocenters. The van der Waals surface area contributed by atoms with Gasteiger partial charge >= 0.3 is 0 Å². The van der Waals surface area contributed by atoms with Crippen molar-refractivity contribution in [1.82, 2.24) is 10.4 Å². The molecule has 1 aromatic carbocycles. The van der Waals surface area contributed by atoms with Gasteiger partial charge in [0.1, 0.15) is 6.42 Å². The lowest BCUT2D eigenvalue weighted by atomic mass is 10.2. The summed E-state index contributed by atoms with van der Waals surface area (Å²) < 4.78 is 0. The minimum Gasteiger partial charge on any atom is -0.369 e. The fourth-order valence-corrected chi connectivity index (χ4v) is 3.11. The maximum Gasteiger partial charge on any atom is 0.249 e.